The smallest absolute Gasteiger partial charge is 0.189 e. The zero-order chi connectivity index (χ0) is 18.5. The van der Waals surface area contributed by atoms with E-state index in [2.05, 4.69) is 70.9 Å². The summed E-state index contributed by atoms with van der Waals surface area (Å²) >= 11 is 0. The average Bonchev–Trinajstić information content (AvgIpc) is 2.67. The molecule has 1 aliphatic heterocycles. The molecule has 0 amide bonds. The van der Waals surface area contributed by atoms with E-state index in [1.165, 1.54) is 11.1 Å². The quantitative estimate of drug-likeness (QED) is 0.377. The van der Waals surface area contributed by atoms with E-state index in [0.717, 1.165) is 45.3 Å². The van der Waals surface area contributed by atoms with Crippen LogP contribution in [-0.4, -0.2) is 36.0 Å². The predicted molar refractivity (Wildman–Crippen MR) is 127 cm³/mol. The van der Waals surface area contributed by atoms with Crippen LogP contribution in [0.25, 0.3) is 0 Å². The van der Waals surface area contributed by atoms with Gasteiger partial charge < -0.3 is 11.1 Å². The Balaban J connectivity index is 0.00000225. The highest BCUT2D eigenvalue weighted by Crippen LogP contribution is 2.36. The predicted octanol–water partition coefficient (Wildman–Crippen LogP) is 4.12. The molecule has 2 aromatic carbocycles. The number of piperidine rings is 1. The zero-order valence-electron chi connectivity index (χ0n) is 16.3. The van der Waals surface area contributed by atoms with Gasteiger partial charge in [-0.2, -0.15) is 0 Å². The van der Waals surface area contributed by atoms with Crippen molar-refractivity contribution in [2.24, 2.45) is 10.7 Å². The van der Waals surface area contributed by atoms with Crippen LogP contribution in [0, 0.1) is 0 Å². The molecule has 0 unspecified atom stereocenters. The number of nitrogens with zero attached hydrogens (tertiary/aromatic N) is 2. The van der Waals surface area contributed by atoms with Crippen molar-refractivity contribution >= 4 is 29.9 Å². The van der Waals surface area contributed by atoms with Crippen LogP contribution in [0.5, 0.6) is 0 Å². The summed E-state index contributed by atoms with van der Waals surface area (Å²) < 4.78 is 0. The first kappa shape index (κ1) is 21.1. The largest absolute Gasteiger partial charge is 0.370 e. The number of nitrogens with two attached hydrogens (primary N) is 1. The number of hydrogen-bond acceptors (Lipinski definition) is 2. The van der Waals surface area contributed by atoms with E-state index in [9.17, 15) is 0 Å². The fraction of sp³-hybridized carbons (Fsp3) is 0.435. The molecule has 1 aliphatic carbocycles. The Morgan fingerprint density at radius 3 is 2.21 bits per heavy atom. The standard InChI is InChI=1S/C23H30N4.HI/c24-23(26-22-15-20(16-22)19-9-5-2-6-10-19)25-21-11-13-27(14-12-21)17-18-7-3-1-4-8-18;/h1-10,20-22H,11-17H2,(H3,24,25,26);1H. The number of guanidine groups is 1. The minimum atomic E-state index is 0. The molecular formula is C23H31IN4. The van der Waals surface area contributed by atoms with Crippen LogP contribution in [0.3, 0.4) is 0 Å². The number of rotatable bonds is 5. The molecule has 0 atom stereocenters. The molecule has 1 heterocycles. The number of benzene rings is 2. The van der Waals surface area contributed by atoms with Crippen molar-refractivity contribution in [3.05, 3.63) is 71.8 Å². The van der Waals surface area contributed by atoms with E-state index >= 15 is 0 Å². The first-order valence-corrected chi connectivity index (χ1v) is 10.2. The first-order chi connectivity index (χ1) is 13.3. The Hall–Kier alpha value is -1.60. The van der Waals surface area contributed by atoms with Gasteiger partial charge in [0.1, 0.15) is 0 Å². The normalized spacial score (nSPS) is 23.5. The van der Waals surface area contributed by atoms with Gasteiger partial charge in [-0.05, 0) is 42.7 Å². The fourth-order valence-corrected chi connectivity index (χ4v) is 4.22. The lowest BCUT2D eigenvalue weighted by Crippen LogP contribution is -2.47. The van der Waals surface area contributed by atoms with E-state index in [1.807, 2.05) is 0 Å². The Kier molecular flexibility index (Phi) is 7.73. The Morgan fingerprint density at radius 1 is 0.964 bits per heavy atom. The SMILES string of the molecule is I.NC(=NC1CCN(Cc2ccccc2)CC1)NC1CC(c2ccccc2)C1. The fourth-order valence-electron chi connectivity index (χ4n) is 4.22. The van der Waals surface area contributed by atoms with Gasteiger partial charge in [0.2, 0.25) is 0 Å². The second kappa shape index (κ2) is 10.3. The molecule has 0 aromatic heterocycles. The van der Waals surface area contributed by atoms with Crippen LogP contribution < -0.4 is 11.1 Å². The molecule has 2 aliphatic rings. The van der Waals surface area contributed by atoms with Gasteiger partial charge in [-0.1, -0.05) is 60.7 Å². The number of likely N-dealkylation sites (tertiary alicyclic amines) is 1. The molecule has 3 N–H and O–H groups in total. The maximum Gasteiger partial charge on any atom is 0.189 e. The number of aliphatic imine (C=N–C) groups is 1. The molecule has 0 bridgehead atoms. The summed E-state index contributed by atoms with van der Waals surface area (Å²) in [6, 6.07) is 22.3. The lowest BCUT2D eigenvalue weighted by molar-refractivity contribution is 0.206. The third-order valence-corrected chi connectivity index (χ3v) is 5.89. The maximum absolute atomic E-state index is 6.18. The second-order valence-corrected chi connectivity index (χ2v) is 7.93. The lowest BCUT2D eigenvalue weighted by atomic mass is 9.76. The molecule has 1 saturated carbocycles. The Bertz CT molecular complexity index is 736. The Morgan fingerprint density at radius 2 is 1.57 bits per heavy atom. The van der Waals surface area contributed by atoms with Gasteiger partial charge in [0.15, 0.2) is 5.96 Å². The molecule has 0 spiro atoms. The molecule has 150 valence electrons. The first-order valence-electron chi connectivity index (χ1n) is 10.2. The van der Waals surface area contributed by atoms with Crippen LogP contribution in [0.1, 0.15) is 42.7 Å². The van der Waals surface area contributed by atoms with E-state index in [4.69, 9.17) is 10.7 Å². The highest BCUT2D eigenvalue weighted by molar-refractivity contribution is 14.0. The second-order valence-electron chi connectivity index (χ2n) is 7.93. The van der Waals surface area contributed by atoms with Gasteiger partial charge in [-0.25, -0.2) is 0 Å². The van der Waals surface area contributed by atoms with Gasteiger partial charge >= 0.3 is 0 Å². The number of nitrogens with one attached hydrogen (secondary N) is 1. The van der Waals surface area contributed by atoms with Crippen molar-refractivity contribution in [3.8, 4) is 0 Å². The minimum absolute atomic E-state index is 0. The summed E-state index contributed by atoms with van der Waals surface area (Å²) in [6.45, 7) is 3.22. The molecular weight excluding hydrogens is 459 g/mol. The van der Waals surface area contributed by atoms with Crippen LogP contribution >= 0.6 is 24.0 Å². The van der Waals surface area contributed by atoms with Crippen molar-refractivity contribution < 1.29 is 0 Å². The van der Waals surface area contributed by atoms with Crippen LogP contribution in [-0.2, 0) is 6.54 Å². The summed E-state index contributed by atoms with van der Waals surface area (Å²) in [7, 11) is 0. The molecule has 4 nitrogen and oxygen atoms in total. The zero-order valence-corrected chi connectivity index (χ0v) is 18.7. The van der Waals surface area contributed by atoms with Gasteiger partial charge in [0, 0.05) is 25.7 Å². The maximum atomic E-state index is 6.18. The number of halogens is 1. The highest BCUT2D eigenvalue weighted by Gasteiger charge is 2.30. The molecule has 4 rings (SSSR count). The van der Waals surface area contributed by atoms with E-state index in [1.54, 1.807) is 0 Å². The van der Waals surface area contributed by atoms with E-state index < -0.39 is 0 Å². The molecule has 0 radical (unpaired) electrons. The summed E-state index contributed by atoms with van der Waals surface area (Å²) in [4.78, 5) is 7.27. The van der Waals surface area contributed by atoms with E-state index in [0.29, 0.717) is 24.0 Å². The van der Waals surface area contributed by atoms with Gasteiger partial charge in [-0.15, -0.1) is 24.0 Å². The summed E-state index contributed by atoms with van der Waals surface area (Å²) in [6.07, 6.45) is 4.48. The van der Waals surface area contributed by atoms with Crippen LogP contribution in [0.2, 0.25) is 0 Å². The van der Waals surface area contributed by atoms with Crippen LogP contribution in [0.15, 0.2) is 65.7 Å². The summed E-state index contributed by atoms with van der Waals surface area (Å²) in [5.74, 6) is 1.30. The summed E-state index contributed by atoms with van der Waals surface area (Å²) in [5.41, 5.74) is 9.01. The Labute approximate surface area is 185 Å². The third kappa shape index (κ3) is 5.70. The van der Waals surface area contributed by atoms with Crippen molar-refractivity contribution in [2.45, 2.75) is 50.2 Å². The lowest BCUT2D eigenvalue weighted by Gasteiger charge is -2.37. The van der Waals surface area contributed by atoms with Crippen molar-refractivity contribution in [1.29, 1.82) is 0 Å². The van der Waals surface area contributed by atoms with Crippen molar-refractivity contribution in [1.82, 2.24) is 10.2 Å². The van der Waals surface area contributed by atoms with Crippen LogP contribution in [0.4, 0.5) is 0 Å². The minimum Gasteiger partial charge on any atom is -0.370 e. The average molecular weight is 490 g/mol. The highest BCUT2D eigenvalue weighted by atomic mass is 127. The molecule has 1 saturated heterocycles. The van der Waals surface area contributed by atoms with Crippen molar-refractivity contribution in [2.75, 3.05) is 13.1 Å². The van der Waals surface area contributed by atoms with E-state index in [-0.39, 0.29) is 24.0 Å². The molecule has 5 heteroatoms. The van der Waals surface area contributed by atoms with Crippen molar-refractivity contribution in [3.63, 3.8) is 0 Å². The van der Waals surface area contributed by atoms with Gasteiger partial charge in [0.25, 0.3) is 0 Å². The molecule has 2 fully saturated rings. The number of hydrogen-bond donors (Lipinski definition) is 2. The van der Waals surface area contributed by atoms with Gasteiger partial charge in [-0.3, -0.25) is 9.89 Å². The molecule has 2 aromatic rings. The van der Waals surface area contributed by atoms with Gasteiger partial charge in [0.05, 0.1) is 6.04 Å². The third-order valence-electron chi connectivity index (χ3n) is 5.89. The summed E-state index contributed by atoms with van der Waals surface area (Å²) in [5, 5.41) is 3.43. The monoisotopic (exact) mass is 490 g/mol. The molecule has 28 heavy (non-hydrogen) atoms. The topological polar surface area (TPSA) is 53.6 Å².